The number of piperidine rings is 1. The summed E-state index contributed by atoms with van der Waals surface area (Å²) in [4.78, 5) is 37.1. The van der Waals surface area contributed by atoms with Crippen LogP contribution in [0.1, 0.15) is 49.9 Å². The van der Waals surface area contributed by atoms with Crippen molar-refractivity contribution in [3.63, 3.8) is 0 Å². The van der Waals surface area contributed by atoms with E-state index >= 15 is 0 Å². The zero-order chi connectivity index (χ0) is 24.5. The van der Waals surface area contributed by atoms with Crippen LogP contribution in [0.4, 0.5) is 4.79 Å². The van der Waals surface area contributed by atoms with Crippen LogP contribution in [0, 0.1) is 19.8 Å². The second-order valence-electron chi connectivity index (χ2n) is 10.2. The average molecular weight is 483 g/mol. The molecule has 0 spiro atoms. The summed E-state index contributed by atoms with van der Waals surface area (Å²) in [6.45, 7) is 12.6. The summed E-state index contributed by atoms with van der Waals surface area (Å²) in [7, 11) is 0. The Bertz CT molecular complexity index is 1220. The average Bonchev–Trinajstić information content (AvgIpc) is 3.08. The zero-order valence-electron chi connectivity index (χ0n) is 20.7. The predicted molar refractivity (Wildman–Crippen MR) is 137 cm³/mol. The van der Waals surface area contributed by atoms with Crippen LogP contribution in [-0.4, -0.2) is 46.2 Å². The molecule has 7 nitrogen and oxygen atoms in total. The third kappa shape index (κ3) is 5.85. The molecular weight excluding hydrogens is 448 g/mol. The number of fused-ring (bicyclic) bond motifs is 1. The number of likely N-dealkylation sites (tertiary alicyclic amines) is 1. The van der Waals surface area contributed by atoms with E-state index in [1.165, 1.54) is 5.56 Å². The molecule has 0 saturated carbocycles. The van der Waals surface area contributed by atoms with E-state index in [0.717, 1.165) is 46.8 Å². The molecule has 8 heteroatoms. The number of nitrogens with one attached hydrogen (secondary N) is 2. The van der Waals surface area contributed by atoms with Crippen LogP contribution in [0.5, 0.6) is 0 Å². The molecule has 1 atom stereocenters. The third-order valence-electron chi connectivity index (χ3n) is 6.04. The molecule has 1 unspecified atom stereocenters. The van der Waals surface area contributed by atoms with Crippen molar-refractivity contribution < 1.29 is 9.53 Å². The van der Waals surface area contributed by atoms with Gasteiger partial charge in [-0.15, -0.1) is 11.3 Å². The minimum Gasteiger partial charge on any atom is -0.444 e. The Labute approximate surface area is 204 Å². The Morgan fingerprint density at radius 3 is 2.71 bits per heavy atom. The lowest BCUT2D eigenvalue weighted by atomic mass is 9.98. The van der Waals surface area contributed by atoms with Gasteiger partial charge in [-0.25, -0.2) is 9.78 Å². The van der Waals surface area contributed by atoms with Crippen LogP contribution in [-0.2, 0) is 11.3 Å². The van der Waals surface area contributed by atoms with Crippen LogP contribution in [0.15, 0.2) is 29.1 Å². The number of rotatable bonds is 5. The number of alkyl carbamates (subject to hydrolysis) is 1. The number of aromatic amines is 1. The largest absolute Gasteiger partial charge is 0.444 e. The molecule has 3 aromatic rings. The Kier molecular flexibility index (Phi) is 7.09. The maximum absolute atomic E-state index is 13.1. The minimum atomic E-state index is -0.502. The van der Waals surface area contributed by atoms with Gasteiger partial charge >= 0.3 is 6.09 Å². The lowest BCUT2D eigenvalue weighted by molar-refractivity contribution is 0.0505. The molecule has 182 valence electrons. The SMILES string of the molecule is Cc1ccc(-c2c(C)sc3nc(CN4CCCC(CNC(=O)OC(C)(C)C)C4)[nH]c(=O)c23)cc1. The maximum atomic E-state index is 13.1. The molecule has 0 bridgehead atoms. The second-order valence-corrected chi connectivity index (χ2v) is 11.4. The number of H-pyrrole nitrogens is 1. The van der Waals surface area contributed by atoms with Crippen molar-refractivity contribution in [3.05, 3.63) is 50.9 Å². The van der Waals surface area contributed by atoms with Gasteiger partial charge in [-0.1, -0.05) is 29.8 Å². The first-order valence-electron chi connectivity index (χ1n) is 11.9. The number of hydrogen-bond acceptors (Lipinski definition) is 6. The Balaban J connectivity index is 1.46. The minimum absolute atomic E-state index is 0.0833. The van der Waals surface area contributed by atoms with E-state index < -0.39 is 5.60 Å². The maximum Gasteiger partial charge on any atom is 0.407 e. The van der Waals surface area contributed by atoms with Crippen molar-refractivity contribution in [2.45, 2.75) is 59.6 Å². The quantitative estimate of drug-likeness (QED) is 0.534. The highest BCUT2D eigenvalue weighted by atomic mass is 32.1. The van der Waals surface area contributed by atoms with Gasteiger partial charge in [0.05, 0.1) is 11.9 Å². The van der Waals surface area contributed by atoms with Crippen molar-refractivity contribution in [2.75, 3.05) is 19.6 Å². The van der Waals surface area contributed by atoms with Crippen molar-refractivity contribution in [3.8, 4) is 11.1 Å². The lowest BCUT2D eigenvalue weighted by Crippen LogP contribution is -2.42. The number of carbonyl (C=O) groups excluding carboxylic acids is 1. The number of hydrogen-bond donors (Lipinski definition) is 2. The summed E-state index contributed by atoms with van der Waals surface area (Å²) < 4.78 is 5.34. The van der Waals surface area contributed by atoms with Crippen LogP contribution in [0.3, 0.4) is 0 Å². The summed E-state index contributed by atoms with van der Waals surface area (Å²) >= 11 is 1.57. The number of amides is 1. The van der Waals surface area contributed by atoms with Crippen molar-refractivity contribution >= 4 is 27.6 Å². The first-order chi connectivity index (χ1) is 16.1. The summed E-state index contributed by atoms with van der Waals surface area (Å²) in [6, 6.07) is 8.27. The number of aryl methyl sites for hydroxylation is 2. The van der Waals surface area contributed by atoms with E-state index in [9.17, 15) is 9.59 Å². The molecule has 1 amide bonds. The highest BCUT2D eigenvalue weighted by molar-refractivity contribution is 7.19. The molecule has 0 aliphatic carbocycles. The molecule has 3 heterocycles. The van der Waals surface area contributed by atoms with E-state index in [1.807, 2.05) is 27.7 Å². The number of ether oxygens (including phenoxy) is 1. The molecular formula is C26H34N4O3S. The number of benzene rings is 1. The van der Waals surface area contributed by atoms with Gasteiger partial charge in [0.1, 0.15) is 16.3 Å². The summed E-state index contributed by atoms with van der Waals surface area (Å²) in [6.07, 6.45) is 1.72. The number of aromatic nitrogens is 2. The van der Waals surface area contributed by atoms with E-state index in [-0.39, 0.29) is 11.7 Å². The van der Waals surface area contributed by atoms with E-state index in [4.69, 9.17) is 9.72 Å². The van der Waals surface area contributed by atoms with Gasteiger partial charge in [-0.05, 0) is 65.5 Å². The van der Waals surface area contributed by atoms with Gasteiger partial charge < -0.3 is 15.0 Å². The fourth-order valence-electron chi connectivity index (χ4n) is 4.52. The summed E-state index contributed by atoms with van der Waals surface area (Å²) in [5.41, 5.74) is 2.63. The van der Waals surface area contributed by atoms with Crippen molar-refractivity contribution in [1.29, 1.82) is 0 Å². The third-order valence-corrected chi connectivity index (χ3v) is 7.04. The smallest absolute Gasteiger partial charge is 0.407 e. The molecule has 1 aliphatic rings. The lowest BCUT2D eigenvalue weighted by Gasteiger charge is -2.32. The zero-order valence-corrected chi connectivity index (χ0v) is 21.5. The number of carbonyl (C=O) groups is 1. The highest BCUT2D eigenvalue weighted by Crippen LogP contribution is 2.35. The van der Waals surface area contributed by atoms with Gasteiger partial charge in [-0.3, -0.25) is 9.69 Å². The normalized spacial score (nSPS) is 17.1. The Hall–Kier alpha value is -2.71. The van der Waals surface area contributed by atoms with Crippen molar-refractivity contribution in [1.82, 2.24) is 20.2 Å². The van der Waals surface area contributed by atoms with E-state index in [2.05, 4.69) is 46.4 Å². The topological polar surface area (TPSA) is 87.3 Å². The number of nitrogens with zero attached hydrogens (tertiary/aromatic N) is 2. The van der Waals surface area contributed by atoms with Crippen molar-refractivity contribution in [2.24, 2.45) is 5.92 Å². The van der Waals surface area contributed by atoms with Gasteiger partial charge in [0.25, 0.3) is 5.56 Å². The molecule has 0 radical (unpaired) electrons. The first-order valence-corrected chi connectivity index (χ1v) is 12.7. The van der Waals surface area contributed by atoms with Gasteiger partial charge in [0, 0.05) is 23.5 Å². The van der Waals surface area contributed by atoms with Crippen LogP contribution < -0.4 is 10.9 Å². The fourth-order valence-corrected chi connectivity index (χ4v) is 5.59. The fraction of sp³-hybridized carbons (Fsp3) is 0.500. The monoisotopic (exact) mass is 482 g/mol. The first kappa shape index (κ1) is 24.4. The molecule has 2 N–H and O–H groups in total. The highest BCUT2D eigenvalue weighted by Gasteiger charge is 2.23. The molecule has 1 aromatic carbocycles. The molecule has 4 rings (SSSR count). The molecule has 2 aromatic heterocycles. The van der Waals surface area contributed by atoms with Gasteiger partial charge in [0.15, 0.2) is 0 Å². The van der Waals surface area contributed by atoms with Gasteiger partial charge in [-0.2, -0.15) is 0 Å². The Morgan fingerprint density at radius 1 is 1.26 bits per heavy atom. The van der Waals surface area contributed by atoms with E-state index in [0.29, 0.717) is 30.2 Å². The van der Waals surface area contributed by atoms with Crippen LogP contribution in [0.2, 0.25) is 0 Å². The molecule has 1 aliphatic heterocycles. The molecule has 1 fully saturated rings. The molecule has 1 saturated heterocycles. The summed E-state index contributed by atoms with van der Waals surface area (Å²) in [5.74, 6) is 1.03. The van der Waals surface area contributed by atoms with E-state index in [1.54, 1.807) is 11.3 Å². The van der Waals surface area contributed by atoms with Crippen LogP contribution >= 0.6 is 11.3 Å². The predicted octanol–water partition coefficient (Wildman–Crippen LogP) is 5.01. The molecule has 34 heavy (non-hydrogen) atoms. The summed E-state index contributed by atoms with van der Waals surface area (Å²) in [5, 5.41) is 3.57. The number of thiophene rings is 1. The standard InChI is InChI=1S/C26H34N4O3S/c1-16-8-10-19(11-9-16)21-17(2)34-24-22(21)23(31)28-20(29-24)15-30-12-6-7-18(14-30)13-27-25(32)33-26(3,4)5/h8-11,18H,6-7,12-15H2,1-5H3,(H,27,32)(H,28,29,31). The van der Waals surface area contributed by atoms with Crippen LogP contribution in [0.25, 0.3) is 21.3 Å². The second kappa shape index (κ2) is 9.88. The van der Waals surface area contributed by atoms with Gasteiger partial charge in [0.2, 0.25) is 0 Å². The Morgan fingerprint density at radius 2 is 2.00 bits per heavy atom.